The molecular formula is C5H16N2Si. The molecule has 0 aromatic rings. The number of nitrogens with one attached hydrogen (secondary N) is 1. The van der Waals surface area contributed by atoms with E-state index in [0.29, 0.717) is 6.04 Å². The van der Waals surface area contributed by atoms with Crippen LogP contribution in [0.5, 0.6) is 0 Å². The molecule has 0 rings (SSSR count). The maximum Gasteiger partial charge on any atom is 0.170 e. The summed E-state index contributed by atoms with van der Waals surface area (Å²) in [5.41, 5.74) is 0. The summed E-state index contributed by atoms with van der Waals surface area (Å²) in [6.07, 6.45) is 0. The molecule has 0 atom stereocenters. The van der Waals surface area contributed by atoms with Gasteiger partial charge in [-0.15, -0.1) is 0 Å². The first-order valence-corrected chi connectivity index (χ1v) is 4.35. The Kier molecular flexibility index (Phi) is 4.13. The lowest BCUT2D eigenvalue weighted by Crippen LogP contribution is -2.36. The molecule has 0 amide bonds. The van der Waals surface area contributed by atoms with Crippen LogP contribution in [0.4, 0.5) is 0 Å². The standard InChI is InChI=1S/C5H16N2Si/c1-5(2)6-8-7(3)4/h5-6H,8H2,1-4H3. The van der Waals surface area contributed by atoms with Crippen molar-refractivity contribution in [2.75, 3.05) is 14.1 Å². The third-order valence-corrected chi connectivity index (χ3v) is 2.45. The summed E-state index contributed by atoms with van der Waals surface area (Å²) in [7, 11) is 4.11. The van der Waals surface area contributed by atoms with E-state index >= 15 is 0 Å². The van der Waals surface area contributed by atoms with E-state index in [1.54, 1.807) is 0 Å². The second kappa shape index (κ2) is 4.06. The van der Waals surface area contributed by atoms with E-state index in [0.717, 1.165) is 0 Å². The van der Waals surface area contributed by atoms with E-state index in [4.69, 9.17) is 0 Å². The Balaban J connectivity index is 2.93. The molecule has 0 spiro atoms. The average Bonchev–Trinajstić information content (AvgIpc) is 1.61. The van der Waals surface area contributed by atoms with Crippen molar-refractivity contribution in [3.63, 3.8) is 0 Å². The van der Waals surface area contributed by atoms with Gasteiger partial charge < -0.3 is 9.55 Å². The first-order valence-electron chi connectivity index (χ1n) is 3.01. The van der Waals surface area contributed by atoms with E-state index in [-0.39, 0.29) is 9.84 Å². The van der Waals surface area contributed by atoms with Crippen molar-refractivity contribution in [1.82, 2.24) is 9.55 Å². The van der Waals surface area contributed by atoms with Crippen LogP contribution >= 0.6 is 0 Å². The van der Waals surface area contributed by atoms with Crippen molar-refractivity contribution in [1.29, 1.82) is 0 Å². The zero-order chi connectivity index (χ0) is 6.57. The summed E-state index contributed by atoms with van der Waals surface area (Å²) in [4.78, 5) is 3.41. The van der Waals surface area contributed by atoms with Gasteiger partial charge in [0.2, 0.25) is 0 Å². The summed E-state index contributed by atoms with van der Waals surface area (Å²) >= 11 is 0. The summed E-state index contributed by atoms with van der Waals surface area (Å²) in [6.45, 7) is 4.35. The van der Waals surface area contributed by atoms with E-state index in [1.807, 2.05) is 0 Å². The summed E-state index contributed by atoms with van der Waals surface area (Å²) < 4.78 is 2.25. The highest BCUT2D eigenvalue weighted by Crippen LogP contribution is 1.72. The number of hydrogen-bond acceptors (Lipinski definition) is 2. The van der Waals surface area contributed by atoms with Crippen LogP contribution in [0, 0.1) is 0 Å². The van der Waals surface area contributed by atoms with Crippen molar-refractivity contribution < 1.29 is 0 Å². The van der Waals surface area contributed by atoms with Crippen LogP contribution in [0.25, 0.3) is 0 Å². The van der Waals surface area contributed by atoms with Crippen molar-refractivity contribution in [2.45, 2.75) is 19.9 Å². The van der Waals surface area contributed by atoms with Gasteiger partial charge in [0.05, 0.1) is 0 Å². The zero-order valence-electron chi connectivity index (χ0n) is 6.23. The Morgan fingerprint density at radius 3 is 2.00 bits per heavy atom. The van der Waals surface area contributed by atoms with Gasteiger partial charge in [0.1, 0.15) is 0 Å². The Labute approximate surface area is 54.2 Å². The number of nitrogens with zero attached hydrogens (tertiary/aromatic N) is 1. The van der Waals surface area contributed by atoms with Crippen LogP contribution in [0.15, 0.2) is 0 Å². The summed E-state index contributed by atoms with van der Waals surface area (Å²) in [5, 5.41) is 0. The molecule has 3 heteroatoms. The second-order valence-corrected chi connectivity index (χ2v) is 4.59. The van der Waals surface area contributed by atoms with Gasteiger partial charge in [-0.2, -0.15) is 0 Å². The average molecular weight is 132 g/mol. The molecular weight excluding hydrogens is 116 g/mol. The van der Waals surface area contributed by atoms with Crippen molar-refractivity contribution in [3.8, 4) is 0 Å². The summed E-state index contributed by atoms with van der Waals surface area (Å²) in [6, 6.07) is 0.657. The topological polar surface area (TPSA) is 15.3 Å². The molecule has 0 aliphatic rings. The van der Waals surface area contributed by atoms with Crippen molar-refractivity contribution >= 4 is 9.84 Å². The molecule has 50 valence electrons. The van der Waals surface area contributed by atoms with Crippen LogP contribution in [0.1, 0.15) is 13.8 Å². The van der Waals surface area contributed by atoms with Crippen LogP contribution in [-0.2, 0) is 0 Å². The first-order chi connectivity index (χ1) is 3.63. The van der Waals surface area contributed by atoms with Gasteiger partial charge in [-0.25, -0.2) is 0 Å². The fourth-order valence-corrected chi connectivity index (χ4v) is 1.10. The lowest BCUT2D eigenvalue weighted by molar-refractivity contribution is 0.617. The molecule has 1 N–H and O–H groups in total. The maximum absolute atomic E-state index is 3.41. The number of hydrogen-bond donors (Lipinski definition) is 1. The van der Waals surface area contributed by atoms with Gasteiger partial charge in [0, 0.05) is 0 Å². The SMILES string of the molecule is CC(C)N[SiH2]N(C)C. The minimum absolute atomic E-state index is 0.118. The quantitative estimate of drug-likeness (QED) is 0.523. The lowest BCUT2D eigenvalue weighted by Gasteiger charge is -2.12. The highest BCUT2D eigenvalue weighted by atomic mass is 28.2. The number of rotatable bonds is 3. The molecule has 0 saturated carbocycles. The highest BCUT2D eigenvalue weighted by molar-refractivity contribution is 6.28. The lowest BCUT2D eigenvalue weighted by atomic mass is 10.4. The molecule has 0 aromatic carbocycles. The van der Waals surface area contributed by atoms with Gasteiger partial charge >= 0.3 is 0 Å². The van der Waals surface area contributed by atoms with Crippen LogP contribution in [0.2, 0.25) is 0 Å². The van der Waals surface area contributed by atoms with Gasteiger partial charge in [0.25, 0.3) is 0 Å². The molecule has 0 aromatic heterocycles. The third kappa shape index (κ3) is 6.14. The third-order valence-electron chi connectivity index (χ3n) is 0.816. The summed E-state index contributed by atoms with van der Waals surface area (Å²) in [5.74, 6) is 0. The molecule has 0 fully saturated rings. The molecule has 0 radical (unpaired) electrons. The Morgan fingerprint density at radius 1 is 1.38 bits per heavy atom. The van der Waals surface area contributed by atoms with Crippen molar-refractivity contribution in [2.24, 2.45) is 0 Å². The highest BCUT2D eigenvalue weighted by Gasteiger charge is 1.91. The first kappa shape index (κ1) is 8.14. The van der Waals surface area contributed by atoms with Gasteiger partial charge in [-0.3, -0.25) is 0 Å². The molecule has 0 aliphatic heterocycles. The Bertz CT molecular complexity index is 46.4. The predicted octanol–water partition coefficient (Wildman–Crippen LogP) is -0.455. The van der Waals surface area contributed by atoms with Gasteiger partial charge in [0.15, 0.2) is 9.84 Å². The van der Waals surface area contributed by atoms with E-state index in [2.05, 4.69) is 37.5 Å². The second-order valence-electron chi connectivity index (χ2n) is 2.60. The molecule has 0 unspecified atom stereocenters. The van der Waals surface area contributed by atoms with E-state index in [1.165, 1.54) is 0 Å². The Morgan fingerprint density at radius 2 is 1.88 bits per heavy atom. The Hall–Kier alpha value is 0.137. The zero-order valence-corrected chi connectivity index (χ0v) is 7.65. The van der Waals surface area contributed by atoms with Crippen LogP contribution in [0.3, 0.4) is 0 Å². The molecule has 0 aliphatic carbocycles. The molecule has 0 bridgehead atoms. The monoisotopic (exact) mass is 132 g/mol. The van der Waals surface area contributed by atoms with Crippen molar-refractivity contribution in [3.05, 3.63) is 0 Å². The van der Waals surface area contributed by atoms with Gasteiger partial charge in [-0.05, 0) is 20.1 Å². The molecule has 0 saturated heterocycles. The normalized spacial score (nSPS) is 12.8. The smallest absolute Gasteiger partial charge is 0.170 e. The fourth-order valence-electron chi connectivity index (χ4n) is 0.365. The van der Waals surface area contributed by atoms with Gasteiger partial charge in [-0.1, -0.05) is 13.8 Å². The fraction of sp³-hybridized carbons (Fsp3) is 1.00. The molecule has 8 heavy (non-hydrogen) atoms. The van der Waals surface area contributed by atoms with E-state index in [9.17, 15) is 0 Å². The molecule has 0 heterocycles. The minimum atomic E-state index is -0.118. The minimum Gasteiger partial charge on any atom is -0.328 e. The largest absolute Gasteiger partial charge is 0.328 e. The van der Waals surface area contributed by atoms with E-state index < -0.39 is 0 Å². The van der Waals surface area contributed by atoms with Crippen LogP contribution in [-0.4, -0.2) is 34.5 Å². The molecule has 2 nitrogen and oxygen atoms in total. The van der Waals surface area contributed by atoms with Crippen LogP contribution < -0.4 is 4.98 Å². The predicted molar refractivity (Wildman–Crippen MR) is 40.5 cm³/mol. The maximum atomic E-state index is 3.41.